The van der Waals surface area contributed by atoms with E-state index >= 15 is 0 Å². The first kappa shape index (κ1) is 14.4. The Morgan fingerprint density at radius 1 is 1.38 bits per heavy atom. The molecule has 0 bridgehead atoms. The summed E-state index contributed by atoms with van der Waals surface area (Å²) < 4.78 is 1.82. The molecule has 1 aliphatic rings. The van der Waals surface area contributed by atoms with Gasteiger partial charge in [-0.3, -0.25) is 9.20 Å². The van der Waals surface area contributed by atoms with Gasteiger partial charge in [-0.1, -0.05) is 18.5 Å². The van der Waals surface area contributed by atoms with Crippen molar-refractivity contribution in [2.24, 2.45) is 0 Å². The highest BCUT2D eigenvalue weighted by Crippen LogP contribution is 2.19. The predicted molar refractivity (Wildman–Crippen MR) is 83.0 cm³/mol. The molecule has 2 aromatic heterocycles. The molecule has 2 aromatic rings. The molecule has 6 heteroatoms. The van der Waals surface area contributed by atoms with Gasteiger partial charge in [0.25, 0.3) is 5.91 Å². The Bertz CT molecular complexity index is 659. The summed E-state index contributed by atoms with van der Waals surface area (Å²) in [4.78, 5) is 19.4. The van der Waals surface area contributed by atoms with Crippen LogP contribution in [0.2, 0.25) is 5.02 Å². The number of amides is 1. The molecular weight excluding hydrogens is 288 g/mol. The Kier molecular flexibility index (Phi) is 4.12. The highest BCUT2D eigenvalue weighted by molar-refractivity contribution is 6.30. The van der Waals surface area contributed by atoms with Crippen LogP contribution < -0.4 is 5.32 Å². The number of pyridine rings is 1. The second-order valence-electron chi connectivity index (χ2n) is 5.23. The Morgan fingerprint density at radius 2 is 2.24 bits per heavy atom. The first-order valence-electron chi connectivity index (χ1n) is 7.37. The van der Waals surface area contributed by atoms with Gasteiger partial charge >= 0.3 is 0 Å². The number of fused-ring (bicyclic) bond motifs is 1. The predicted octanol–water partition coefficient (Wildman–Crippen LogP) is 1.99. The average molecular weight is 307 g/mol. The summed E-state index contributed by atoms with van der Waals surface area (Å²) >= 11 is 6.08. The summed E-state index contributed by atoms with van der Waals surface area (Å²) in [6.07, 6.45) is 3.48. The van der Waals surface area contributed by atoms with E-state index in [2.05, 4.69) is 10.3 Å². The average Bonchev–Trinajstić information content (AvgIpc) is 2.66. The van der Waals surface area contributed by atoms with E-state index < -0.39 is 0 Å². The minimum absolute atomic E-state index is 0.0466. The number of carbonyl (C=O) groups is 1. The summed E-state index contributed by atoms with van der Waals surface area (Å²) in [7, 11) is 0. The largest absolute Gasteiger partial charge is 0.336 e. The molecule has 1 aliphatic heterocycles. The van der Waals surface area contributed by atoms with Crippen LogP contribution in [0.1, 0.15) is 29.5 Å². The van der Waals surface area contributed by atoms with Crippen molar-refractivity contribution in [3.05, 3.63) is 34.7 Å². The standard InChI is InChI=1S/C15H19ClN4O/c1-2-12-14(15(21)19-8-3-6-17-7-9-19)20-10-11(16)4-5-13(20)18-12/h4-5,10,17H,2-3,6-9H2,1H3. The summed E-state index contributed by atoms with van der Waals surface area (Å²) in [5, 5.41) is 3.92. The molecule has 1 fully saturated rings. The molecule has 112 valence electrons. The summed E-state index contributed by atoms with van der Waals surface area (Å²) in [6.45, 7) is 5.33. The van der Waals surface area contributed by atoms with Gasteiger partial charge in [-0.05, 0) is 31.5 Å². The van der Waals surface area contributed by atoms with Crippen molar-refractivity contribution in [2.45, 2.75) is 19.8 Å². The van der Waals surface area contributed by atoms with Crippen molar-refractivity contribution in [1.82, 2.24) is 19.6 Å². The Morgan fingerprint density at radius 3 is 3.05 bits per heavy atom. The zero-order chi connectivity index (χ0) is 14.8. The van der Waals surface area contributed by atoms with Crippen LogP contribution in [0, 0.1) is 0 Å². The summed E-state index contributed by atoms with van der Waals surface area (Å²) in [5.74, 6) is 0.0466. The number of hydrogen-bond donors (Lipinski definition) is 1. The SMILES string of the molecule is CCc1nc2ccc(Cl)cn2c1C(=O)N1CCCNCC1. The zero-order valence-corrected chi connectivity index (χ0v) is 12.9. The van der Waals surface area contributed by atoms with E-state index in [0.717, 1.165) is 50.4 Å². The van der Waals surface area contributed by atoms with E-state index in [-0.39, 0.29) is 5.91 Å². The lowest BCUT2D eigenvalue weighted by Crippen LogP contribution is -2.35. The van der Waals surface area contributed by atoms with Gasteiger partial charge in [0.05, 0.1) is 10.7 Å². The van der Waals surface area contributed by atoms with Gasteiger partial charge in [0, 0.05) is 25.8 Å². The van der Waals surface area contributed by atoms with Crippen molar-refractivity contribution in [1.29, 1.82) is 0 Å². The lowest BCUT2D eigenvalue weighted by atomic mass is 10.2. The van der Waals surface area contributed by atoms with Gasteiger partial charge in [-0.2, -0.15) is 0 Å². The smallest absolute Gasteiger partial charge is 0.272 e. The number of aromatic nitrogens is 2. The minimum atomic E-state index is 0.0466. The maximum atomic E-state index is 12.9. The van der Waals surface area contributed by atoms with E-state index in [9.17, 15) is 4.79 Å². The molecule has 1 amide bonds. The topological polar surface area (TPSA) is 49.6 Å². The van der Waals surface area contributed by atoms with Crippen LogP contribution in [0.15, 0.2) is 18.3 Å². The number of rotatable bonds is 2. The van der Waals surface area contributed by atoms with Gasteiger partial charge in [-0.15, -0.1) is 0 Å². The normalized spacial score (nSPS) is 16.2. The maximum Gasteiger partial charge on any atom is 0.272 e. The number of halogens is 1. The molecule has 0 radical (unpaired) electrons. The number of carbonyl (C=O) groups excluding carboxylic acids is 1. The van der Waals surface area contributed by atoms with Gasteiger partial charge < -0.3 is 10.2 Å². The van der Waals surface area contributed by atoms with E-state index in [1.807, 2.05) is 22.3 Å². The minimum Gasteiger partial charge on any atom is -0.336 e. The van der Waals surface area contributed by atoms with Crippen LogP contribution >= 0.6 is 11.6 Å². The van der Waals surface area contributed by atoms with Crippen molar-refractivity contribution < 1.29 is 4.79 Å². The van der Waals surface area contributed by atoms with Crippen LogP contribution in [-0.2, 0) is 6.42 Å². The molecule has 3 heterocycles. The molecule has 0 unspecified atom stereocenters. The molecule has 1 saturated heterocycles. The van der Waals surface area contributed by atoms with Crippen molar-refractivity contribution in [3.8, 4) is 0 Å². The quantitative estimate of drug-likeness (QED) is 0.923. The fraction of sp³-hybridized carbons (Fsp3) is 0.467. The second-order valence-corrected chi connectivity index (χ2v) is 5.67. The molecule has 3 rings (SSSR count). The highest BCUT2D eigenvalue weighted by Gasteiger charge is 2.24. The molecule has 0 atom stereocenters. The van der Waals surface area contributed by atoms with Crippen molar-refractivity contribution >= 4 is 23.2 Å². The van der Waals surface area contributed by atoms with Crippen molar-refractivity contribution in [2.75, 3.05) is 26.2 Å². The first-order chi connectivity index (χ1) is 10.2. The third kappa shape index (κ3) is 2.76. The number of aryl methyl sites for hydroxylation is 1. The molecule has 0 spiro atoms. The maximum absolute atomic E-state index is 12.9. The Balaban J connectivity index is 2.04. The number of nitrogens with zero attached hydrogens (tertiary/aromatic N) is 3. The van der Waals surface area contributed by atoms with Gasteiger partial charge in [0.15, 0.2) is 0 Å². The third-order valence-electron chi connectivity index (χ3n) is 3.82. The molecule has 0 saturated carbocycles. The van der Waals surface area contributed by atoms with Crippen molar-refractivity contribution in [3.63, 3.8) is 0 Å². The van der Waals surface area contributed by atoms with Crippen LogP contribution in [0.4, 0.5) is 0 Å². The fourth-order valence-corrected chi connectivity index (χ4v) is 2.90. The van der Waals surface area contributed by atoms with Gasteiger partial charge in [-0.25, -0.2) is 4.98 Å². The molecule has 0 aliphatic carbocycles. The van der Waals surface area contributed by atoms with E-state index in [1.54, 1.807) is 12.3 Å². The van der Waals surface area contributed by atoms with Crippen LogP contribution in [0.25, 0.3) is 5.65 Å². The summed E-state index contributed by atoms with van der Waals surface area (Å²) in [5.41, 5.74) is 2.25. The molecule has 0 aromatic carbocycles. The summed E-state index contributed by atoms with van der Waals surface area (Å²) in [6, 6.07) is 3.65. The molecular formula is C15H19ClN4O. The number of imidazole rings is 1. The van der Waals surface area contributed by atoms with E-state index in [0.29, 0.717) is 10.7 Å². The highest BCUT2D eigenvalue weighted by atomic mass is 35.5. The Labute approximate surface area is 128 Å². The van der Waals surface area contributed by atoms with Gasteiger partial charge in [0.1, 0.15) is 11.3 Å². The zero-order valence-electron chi connectivity index (χ0n) is 12.1. The molecule has 21 heavy (non-hydrogen) atoms. The van der Waals surface area contributed by atoms with Gasteiger partial charge in [0.2, 0.25) is 0 Å². The number of nitrogens with one attached hydrogen (secondary N) is 1. The second kappa shape index (κ2) is 6.03. The molecule has 5 nitrogen and oxygen atoms in total. The van der Waals surface area contributed by atoms with Crippen LogP contribution in [0.3, 0.4) is 0 Å². The monoisotopic (exact) mass is 306 g/mol. The lowest BCUT2D eigenvalue weighted by Gasteiger charge is -2.20. The van der Waals surface area contributed by atoms with Crippen LogP contribution in [0.5, 0.6) is 0 Å². The first-order valence-corrected chi connectivity index (χ1v) is 7.75. The Hall–Kier alpha value is -1.59. The number of hydrogen-bond acceptors (Lipinski definition) is 3. The fourth-order valence-electron chi connectivity index (χ4n) is 2.74. The van der Waals surface area contributed by atoms with E-state index in [4.69, 9.17) is 11.6 Å². The van der Waals surface area contributed by atoms with Crippen LogP contribution in [-0.4, -0.2) is 46.4 Å². The third-order valence-corrected chi connectivity index (χ3v) is 4.04. The lowest BCUT2D eigenvalue weighted by molar-refractivity contribution is 0.0758. The molecule has 1 N–H and O–H groups in total. The van der Waals surface area contributed by atoms with E-state index in [1.165, 1.54) is 0 Å².